The molecule has 0 saturated heterocycles. The van der Waals surface area contributed by atoms with Crippen LogP contribution in [-0.4, -0.2) is 21.9 Å². The number of hydrogen-bond acceptors (Lipinski definition) is 1. The minimum absolute atomic E-state index is 0. The van der Waals surface area contributed by atoms with Crippen molar-refractivity contribution in [3.8, 4) is 0 Å². The molecule has 0 radical (unpaired) electrons. The third-order valence-corrected chi connectivity index (χ3v) is 0. The van der Waals surface area contributed by atoms with E-state index in [0.717, 1.165) is 0 Å². The zero-order valence-electron chi connectivity index (χ0n) is 3.36. The summed E-state index contributed by atoms with van der Waals surface area (Å²) < 4.78 is 0. The summed E-state index contributed by atoms with van der Waals surface area (Å²) in [5.41, 5.74) is 0. The number of hydrogen-bond donors (Lipinski definition) is 1. The molecule has 7 heteroatoms. The summed E-state index contributed by atoms with van der Waals surface area (Å²) in [5.74, 6) is 0. The van der Waals surface area contributed by atoms with Gasteiger partial charge >= 0.3 is 0 Å². The monoisotopic (exact) mass is 159 g/mol. The van der Waals surface area contributed by atoms with Gasteiger partial charge in [-0.1, -0.05) is 0 Å². The van der Waals surface area contributed by atoms with Crippen LogP contribution in [0, 0.1) is 0 Å². The van der Waals surface area contributed by atoms with Gasteiger partial charge in [0.25, 0.3) is 0 Å². The van der Waals surface area contributed by atoms with Crippen LogP contribution in [0.3, 0.4) is 0 Å². The molecule has 0 aliphatic carbocycles. The first-order chi connectivity index (χ1) is 1.00. The summed E-state index contributed by atoms with van der Waals surface area (Å²) in [7, 11) is 0. The van der Waals surface area contributed by atoms with Gasteiger partial charge in [-0.2, -0.15) is 0 Å². The molecule has 54 valence electrons. The van der Waals surface area contributed by atoms with Gasteiger partial charge in [-0.05, 0) is 11.8 Å². The Morgan fingerprint density at radius 2 is 0.714 bits per heavy atom. The van der Waals surface area contributed by atoms with E-state index in [0.29, 0.717) is 0 Å². The molecule has 0 aromatic heterocycles. The second-order valence-corrected chi connectivity index (χ2v) is 0. The van der Waals surface area contributed by atoms with E-state index < -0.39 is 0 Å². The average Bonchev–Trinajstić information content (AvgIpc) is 1.00. The third kappa shape index (κ3) is 848. The van der Waals surface area contributed by atoms with Crippen LogP contribution in [0.15, 0.2) is 0 Å². The molecule has 0 unspecified atom stereocenters. The van der Waals surface area contributed by atoms with Gasteiger partial charge in [-0.3, -0.25) is 0 Å². The molecule has 0 aliphatic heterocycles. The highest BCUT2D eigenvalue weighted by molar-refractivity contribution is 6.11. The summed E-state index contributed by atoms with van der Waals surface area (Å²) in [4.78, 5) is 0. The van der Waals surface area contributed by atoms with E-state index in [1.165, 1.54) is 0 Å². The maximum absolute atomic E-state index is 4.14. The molecule has 0 heterocycles. The van der Waals surface area contributed by atoms with Gasteiger partial charge < -0.3 is 21.9 Å². The van der Waals surface area contributed by atoms with Gasteiger partial charge in [0.2, 0.25) is 0 Å². The van der Waals surface area contributed by atoms with E-state index >= 15 is 0 Å². The van der Waals surface area contributed by atoms with Gasteiger partial charge in [0.1, 0.15) is 0 Å². The molecule has 0 aromatic carbocycles. The van der Waals surface area contributed by atoms with Gasteiger partial charge in [0, 0.05) is 0 Å². The van der Waals surface area contributed by atoms with E-state index in [4.69, 9.17) is 0 Å². The van der Waals surface area contributed by atoms with Crippen LogP contribution < -0.4 is 5.25 Å². The Labute approximate surface area is 52.2 Å². The van der Waals surface area contributed by atoms with E-state index in [2.05, 4.69) is 17.0 Å². The summed E-state index contributed by atoms with van der Waals surface area (Å²) in [6.07, 6.45) is 0. The molecule has 0 fully saturated rings. The van der Waals surface area contributed by atoms with Gasteiger partial charge in [0.15, 0.2) is 0 Å². The van der Waals surface area contributed by atoms with Gasteiger partial charge in [-0.15, -0.1) is 12.4 Å². The molecular formula is H11Cl2NO4. The SMILES string of the molecule is Cl.NCl.O.O.O.O. The fraction of sp³-hybridized carbons (Fsp3) is 0. The van der Waals surface area contributed by atoms with Gasteiger partial charge in [0.05, 0.1) is 0 Å². The largest absolute Gasteiger partial charge is 0.412 e. The lowest BCUT2D eigenvalue weighted by Crippen LogP contribution is -1.48. The highest BCUT2D eigenvalue weighted by Crippen LogP contribution is 1.15. The van der Waals surface area contributed by atoms with Crippen LogP contribution in [-0.2, 0) is 0 Å². The van der Waals surface area contributed by atoms with Crippen molar-refractivity contribution in [2.75, 3.05) is 0 Å². The zero-order chi connectivity index (χ0) is 2.00. The standard InChI is InChI=1S/ClH2N.ClH.4H2O/c1-2;;;;;/h2H2;1H;4*1H2. The van der Waals surface area contributed by atoms with Crippen molar-refractivity contribution < 1.29 is 21.9 Å². The fourth-order valence-corrected chi connectivity index (χ4v) is 0. The Kier molecular flexibility index (Phi) is 28800. The van der Waals surface area contributed by atoms with Crippen LogP contribution in [0.25, 0.3) is 0 Å². The molecule has 0 saturated carbocycles. The van der Waals surface area contributed by atoms with Crippen molar-refractivity contribution >= 4 is 24.2 Å². The maximum atomic E-state index is 4.14. The Hall–Kier alpha value is 0.380. The third-order valence-electron chi connectivity index (χ3n) is 0. The smallest absolute Gasteiger partial charge is 0.0285 e. The van der Waals surface area contributed by atoms with Crippen molar-refractivity contribution in [2.24, 2.45) is 5.25 Å². The minimum Gasteiger partial charge on any atom is -0.412 e. The second-order valence-electron chi connectivity index (χ2n) is 0. The van der Waals surface area contributed by atoms with Crippen molar-refractivity contribution in [1.82, 2.24) is 0 Å². The fourth-order valence-electron chi connectivity index (χ4n) is 0. The molecule has 5 nitrogen and oxygen atoms in total. The molecule has 10 N–H and O–H groups in total. The highest BCUT2D eigenvalue weighted by atomic mass is 35.5. The van der Waals surface area contributed by atoms with Crippen molar-refractivity contribution in [1.29, 1.82) is 0 Å². The number of rotatable bonds is 0. The lowest BCUT2D eigenvalue weighted by atomic mass is 14.0. The first-order valence-corrected chi connectivity index (χ1v) is 0.655. The topological polar surface area (TPSA) is 152 Å². The molecular weight excluding hydrogens is 149 g/mol. The molecule has 0 atom stereocenters. The highest BCUT2D eigenvalue weighted by Gasteiger charge is 0.868. The normalized spacial score (nSPS) is 0.857. The molecule has 0 bridgehead atoms. The maximum Gasteiger partial charge on any atom is -0.0285 e. The van der Waals surface area contributed by atoms with Crippen molar-refractivity contribution in [3.05, 3.63) is 0 Å². The quantitative estimate of drug-likeness (QED) is 0.374. The summed E-state index contributed by atoms with van der Waals surface area (Å²) in [6, 6.07) is 0. The molecule has 0 amide bonds. The Morgan fingerprint density at radius 1 is 0.714 bits per heavy atom. The molecule has 7 heavy (non-hydrogen) atoms. The summed E-state index contributed by atoms with van der Waals surface area (Å²) in [6.45, 7) is 0. The van der Waals surface area contributed by atoms with Crippen LogP contribution in [0.5, 0.6) is 0 Å². The first-order valence-electron chi connectivity index (χ1n) is 0.218. The predicted octanol–water partition coefficient (Wildman–Crippen LogP) is -2.78. The van der Waals surface area contributed by atoms with Crippen molar-refractivity contribution in [2.45, 2.75) is 0 Å². The van der Waals surface area contributed by atoms with Crippen molar-refractivity contribution in [3.63, 3.8) is 0 Å². The molecule has 0 aliphatic rings. The molecule has 0 spiro atoms. The minimum atomic E-state index is 0. The summed E-state index contributed by atoms with van der Waals surface area (Å²) >= 11 is 4.14. The lowest BCUT2D eigenvalue weighted by Gasteiger charge is -1.14. The first kappa shape index (κ1) is 158. The van der Waals surface area contributed by atoms with Gasteiger partial charge in [-0.25, -0.2) is 5.25 Å². The Bertz CT molecular complexity index is 9.65. The second kappa shape index (κ2) is 1280. The number of nitrogens with two attached hydrogens (primary N) is 1. The Morgan fingerprint density at radius 3 is 0.714 bits per heavy atom. The van der Waals surface area contributed by atoms with Crippen LogP contribution in [0.2, 0.25) is 0 Å². The van der Waals surface area contributed by atoms with Crippen LogP contribution in [0.1, 0.15) is 0 Å². The number of halogens is 2. The van der Waals surface area contributed by atoms with E-state index in [1.54, 1.807) is 0 Å². The zero-order valence-corrected chi connectivity index (χ0v) is 4.94. The summed E-state index contributed by atoms with van der Waals surface area (Å²) in [5, 5.41) is 3.97. The molecule has 0 aromatic rings. The van der Waals surface area contributed by atoms with E-state index in [-0.39, 0.29) is 34.3 Å². The average molecular weight is 160 g/mol. The Balaban J connectivity index is -0.000000000500. The lowest BCUT2D eigenvalue weighted by molar-refractivity contribution is 0.823. The molecule has 0 rings (SSSR count). The van der Waals surface area contributed by atoms with Crippen LogP contribution in [0.4, 0.5) is 0 Å². The van der Waals surface area contributed by atoms with E-state index in [1.807, 2.05) is 0 Å². The van der Waals surface area contributed by atoms with E-state index in [9.17, 15) is 0 Å². The van der Waals surface area contributed by atoms with Crippen LogP contribution >= 0.6 is 24.2 Å². The predicted molar refractivity (Wildman–Crippen MR) is 31.7 cm³/mol.